The summed E-state index contributed by atoms with van der Waals surface area (Å²) in [6, 6.07) is 7.50. The van der Waals surface area contributed by atoms with Gasteiger partial charge in [-0.3, -0.25) is 19.8 Å². The molecule has 0 radical (unpaired) electrons. The van der Waals surface area contributed by atoms with Gasteiger partial charge in [-0.05, 0) is 36.6 Å². The molecule has 3 amide bonds. The minimum Gasteiger partial charge on any atom is -0.480 e. The average molecular weight is 449 g/mol. The maximum Gasteiger partial charge on any atom is 0.323 e. The molecule has 1 aromatic carbocycles. The monoisotopic (exact) mass is 448 g/mol. The number of aliphatic hydroxyl groups is 1. The predicted octanol–water partition coefficient (Wildman–Crippen LogP) is 2.09. The van der Waals surface area contributed by atoms with E-state index >= 15 is 0 Å². The second-order valence-corrected chi connectivity index (χ2v) is 8.14. The zero-order chi connectivity index (χ0) is 23.0. The summed E-state index contributed by atoms with van der Waals surface area (Å²) in [6.45, 7) is 2.65. The smallest absolute Gasteiger partial charge is 0.323 e. The number of hydrogen-bond donors (Lipinski definition) is 5. The Labute approximate surface area is 184 Å². The van der Waals surface area contributed by atoms with Gasteiger partial charge in [-0.1, -0.05) is 37.6 Å². The fourth-order valence-electron chi connectivity index (χ4n) is 3.21. The molecule has 0 fully saturated rings. The first kappa shape index (κ1) is 24.3. The molecule has 0 aliphatic rings. The Morgan fingerprint density at radius 3 is 2.52 bits per heavy atom. The number of anilines is 1. The highest BCUT2D eigenvalue weighted by Crippen LogP contribution is 2.35. The lowest BCUT2D eigenvalue weighted by atomic mass is 10.1. The van der Waals surface area contributed by atoms with Crippen LogP contribution in [0.3, 0.4) is 0 Å². The van der Waals surface area contributed by atoms with Crippen LogP contribution < -0.4 is 16.8 Å². The van der Waals surface area contributed by atoms with E-state index in [-0.39, 0.29) is 5.56 Å². The van der Waals surface area contributed by atoms with Crippen LogP contribution in [0.25, 0.3) is 10.4 Å². The van der Waals surface area contributed by atoms with Crippen LogP contribution in [0.2, 0.25) is 0 Å². The zero-order valence-corrected chi connectivity index (χ0v) is 18.2. The van der Waals surface area contributed by atoms with Crippen molar-refractivity contribution in [3.63, 3.8) is 0 Å². The van der Waals surface area contributed by atoms with E-state index in [0.29, 0.717) is 24.5 Å². The number of benzene rings is 1. The van der Waals surface area contributed by atoms with Crippen molar-refractivity contribution in [2.75, 3.05) is 25.0 Å². The van der Waals surface area contributed by atoms with Gasteiger partial charge in [-0.25, -0.2) is 4.79 Å². The molecule has 10 heteroatoms. The fourth-order valence-corrected chi connectivity index (χ4v) is 4.27. The van der Waals surface area contributed by atoms with E-state index in [0.717, 1.165) is 28.8 Å². The Morgan fingerprint density at radius 1 is 1.19 bits per heavy atom. The molecule has 1 atom stereocenters. The van der Waals surface area contributed by atoms with Gasteiger partial charge in [0.25, 0.3) is 5.91 Å². The molecule has 2 aromatic rings. The van der Waals surface area contributed by atoms with Gasteiger partial charge in [-0.2, -0.15) is 0 Å². The number of hydrogen-bond acceptors (Lipinski definition) is 6. The highest BCUT2D eigenvalue weighted by atomic mass is 32.1. The van der Waals surface area contributed by atoms with Crippen molar-refractivity contribution >= 4 is 34.2 Å². The molecule has 31 heavy (non-hydrogen) atoms. The van der Waals surface area contributed by atoms with Gasteiger partial charge in [0.1, 0.15) is 11.0 Å². The third-order valence-corrected chi connectivity index (χ3v) is 5.93. The summed E-state index contributed by atoms with van der Waals surface area (Å²) in [7, 11) is 0. The Morgan fingerprint density at radius 2 is 1.94 bits per heavy atom. The third kappa shape index (κ3) is 6.78. The summed E-state index contributed by atoms with van der Waals surface area (Å²) in [5.41, 5.74) is 12.6. The first-order chi connectivity index (χ1) is 14.8. The van der Waals surface area contributed by atoms with Gasteiger partial charge in [-0.15, -0.1) is 11.3 Å². The van der Waals surface area contributed by atoms with Crippen LogP contribution in [-0.4, -0.2) is 58.8 Å². The number of aliphatic hydroxyl groups excluding tert-OH is 1. The lowest BCUT2D eigenvalue weighted by Crippen LogP contribution is -2.45. The normalized spacial score (nSPS) is 12.0. The number of carboxylic acid groups (broad SMARTS) is 1. The van der Waals surface area contributed by atoms with Crippen molar-refractivity contribution in [1.82, 2.24) is 4.90 Å². The number of carboxylic acids is 1. The van der Waals surface area contributed by atoms with E-state index in [9.17, 15) is 24.6 Å². The molecule has 1 heterocycles. The Hall–Kier alpha value is -2.95. The molecule has 0 saturated carbocycles. The standard InChI is InChI=1S/C21H28N4O5S/c1-2-3-8-25(16(12-26)20(28)29)9-7-13-5-4-6-14(10-13)17-11-15(18(22)27)19(31-17)24-21(23)30/h4-6,10-11,16,26H,2-3,7-9,12H2,1H3,(H2,22,27)(H,28,29)(H3,23,24,30). The first-order valence-corrected chi connectivity index (χ1v) is 10.8. The molecule has 168 valence electrons. The number of thiophene rings is 1. The number of amides is 3. The summed E-state index contributed by atoms with van der Waals surface area (Å²) >= 11 is 1.19. The van der Waals surface area contributed by atoms with Gasteiger partial charge in [0.15, 0.2) is 0 Å². The van der Waals surface area contributed by atoms with Crippen molar-refractivity contribution in [3.8, 4) is 10.4 Å². The molecule has 0 aliphatic carbocycles. The van der Waals surface area contributed by atoms with Crippen LogP contribution in [-0.2, 0) is 11.2 Å². The number of urea groups is 1. The van der Waals surface area contributed by atoms with E-state index in [2.05, 4.69) is 5.32 Å². The van der Waals surface area contributed by atoms with Crippen LogP contribution in [0.1, 0.15) is 35.7 Å². The number of nitrogens with two attached hydrogens (primary N) is 2. The van der Waals surface area contributed by atoms with Gasteiger partial charge in [0.05, 0.1) is 12.2 Å². The van der Waals surface area contributed by atoms with Crippen LogP contribution >= 0.6 is 11.3 Å². The molecule has 2 rings (SSSR count). The lowest BCUT2D eigenvalue weighted by Gasteiger charge is -2.27. The Bertz CT molecular complexity index is 930. The summed E-state index contributed by atoms with van der Waals surface area (Å²) in [5.74, 6) is -1.71. The number of rotatable bonds is 12. The molecular weight excluding hydrogens is 420 g/mol. The van der Waals surface area contributed by atoms with E-state index in [1.807, 2.05) is 31.2 Å². The number of primary amides is 2. The second-order valence-electron chi connectivity index (χ2n) is 7.08. The molecule has 1 unspecified atom stereocenters. The lowest BCUT2D eigenvalue weighted by molar-refractivity contribution is -0.144. The maximum atomic E-state index is 11.7. The summed E-state index contributed by atoms with van der Waals surface area (Å²) in [6.07, 6.45) is 2.35. The topological polar surface area (TPSA) is 159 Å². The van der Waals surface area contributed by atoms with E-state index in [1.54, 1.807) is 11.0 Å². The molecule has 9 nitrogen and oxygen atoms in total. The number of nitrogens with one attached hydrogen (secondary N) is 1. The fraction of sp³-hybridized carbons (Fsp3) is 0.381. The van der Waals surface area contributed by atoms with Crippen molar-refractivity contribution in [1.29, 1.82) is 0 Å². The van der Waals surface area contributed by atoms with Crippen molar-refractivity contribution in [3.05, 3.63) is 41.5 Å². The largest absolute Gasteiger partial charge is 0.480 e. The zero-order valence-electron chi connectivity index (χ0n) is 17.3. The Kier molecular flexibility index (Phi) is 8.98. The molecule has 1 aromatic heterocycles. The van der Waals surface area contributed by atoms with Gasteiger partial charge in [0.2, 0.25) is 0 Å². The Balaban J connectivity index is 2.22. The number of unbranched alkanes of at least 4 members (excludes halogenated alkanes) is 1. The van der Waals surface area contributed by atoms with Crippen molar-refractivity contribution < 1.29 is 24.6 Å². The third-order valence-electron chi connectivity index (χ3n) is 4.83. The van der Waals surface area contributed by atoms with Crippen LogP contribution in [0.15, 0.2) is 30.3 Å². The first-order valence-electron chi connectivity index (χ1n) is 9.93. The highest BCUT2D eigenvalue weighted by molar-refractivity contribution is 7.20. The number of nitrogens with zero attached hydrogens (tertiary/aromatic N) is 1. The number of carbonyl (C=O) groups excluding carboxylic acids is 2. The van der Waals surface area contributed by atoms with Gasteiger partial charge >= 0.3 is 12.0 Å². The summed E-state index contributed by atoms with van der Waals surface area (Å²) in [4.78, 5) is 36.9. The molecule has 0 bridgehead atoms. The summed E-state index contributed by atoms with van der Waals surface area (Å²) in [5, 5.41) is 21.6. The predicted molar refractivity (Wildman–Crippen MR) is 120 cm³/mol. The minimum atomic E-state index is -1.04. The summed E-state index contributed by atoms with van der Waals surface area (Å²) < 4.78 is 0. The van der Waals surface area contributed by atoms with E-state index in [1.165, 1.54) is 11.3 Å². The molecular formula is C21H28N4O5S. The van der Waals surface area contributed by atoms with E-state index < -0.39 is 30.6 Å². The minimum absolute atomic E-state index is 0.183. The van der Waals surface area contributed by atoms with Gasteiger partial charge < -0.3 is 21.7 Å². The van der Waals surface area contributed by atoms with Crippen LogP contribution in [0, 0.1) is 0 Å². The van der Waals surface area contributed by atoms with E-state index in [4.69, 9.17) is 11.5 Å². The van der Waals surface area contributed by atoms with Crippen LogP contribution in [0.4, 0.5) is 9.80 Å². The van der Waals surface area contributed by atoms with Gasteiger partial charge in [0, 0.05) is 11.4 Å². The second kappa shape index (κ2) is 11.4. The molecule has 0 spiro atoms. The quantitative estimate of drug-likeness (QED) is 0.334. The van der Waals surface area contributed by atoms with Crippen LogP contribution in [0.5, 0.6) is 0 Å². The number of carbonyl (C=O) groups is 3. The molecule has 7 N–H and O–H groups in total. The average Bonchev–Trinajstić information content (AvgIpc) is 3.13. The molecule has 0 aliphatic heterocycles. The molecule has 0 saturated heterocycles. The van der Waals surface area contributed by atoms with Crippen molar-refractivity contribution in [2.24, 2.45) is 11.5 Å². The highest BCUT2D eigenvalue weighted by Gasteiger charge is 2.24. The number of aliphatic carboxylic acids is 1. The SMILES string of the molecule is CCCCN(CCc1cccc(-c2cc(C(N)=O)c(NC(N)=O)s2)c1)C(CO)C(=O)O. The van der Waals surface area contributed by atoms with Crippen molar-refractivity contribution in [2.45, 2.75) is 32.2 Å². The maximum absolute atomic E-state index is 11.7.